The molecule has 1 aromatic carbocycles. The van der Waals surface area contributed by atoms with Crippen LogP contribution in [0.2, 0.25) is 0 Å². The van der Waals surface area contributed by atoms with Crippen LogP contribution in [-0.4, -0.2) is 19.2 Å². The van der Waals surface area contributed by atoms with Crippen LogP contribution in [-0.2, 0) is 12.8 Å². The monoisotopic (exact) mass is 247 g/mol. The Morgan fingerprint density at radius 2 is 2.11 bits per heavy atom. The zero-order chi connectivity index (χ0) is 13.2. The third-order valence-electron chi connectivity index (χ3n) is 3.92. The number of rotatable bonds is 4. The van der Waals surface area contributed by atoms with Gasteiger partial charge >= 0.3 is 0 Å². The SMILES string of the molecule is CC(NCCc1ccc2c(c1)CCO2)C(C)(C)C. The van der Waals surface area contributed by atoms with Crippen LogP contribution in [0.4, 0.5) is 0 Å². The molecule has 0 saturated carbocycles. The topological polar surface area (TPSA) is 21.3 Å². The number of hydrogen-bond donors (Lipinski definition) is 1. The van der Waals surface area contributed by atoms with Crippen molar-refractivity contribution in [3.8, 4) is 5.75 Å². The van der Waals surface area contributed by atoms with Gasteiger partial charge in [-0.2, -0.15) is 0 Å². The molecule has 2 heteroatoms. The summed E-state index contributed by atoms with van der Waals surface area (Å²) in [7, 11) is 0. The fourth-order valence-corrected chi connectivity index (χ4v) is 2.13. The van der Waals surface area contributed by atoms with Crippen LogP contribution in [0, 0.1) is 5.41 Å². The fraction of sp³-hybridized carbons (Fsp3) is 0.625. The van der Waals surface area contributed by atoms with Crippen molar-refractivity contribution in [2.45, 2.75) is 46.6 Å². The molecule has 0 radical (unpaired) electrons. The summed E-state index contributed by atoms with van der Waals surface area (Å²) in [5.41, 5.74) is 3.11. The van der Waals surface area contributed by atoms with Gasteiger partial charge in [-0.15, -0.1) is 0 Å². The Morgan fingerprint density at radius 1 is 1.33 bits per heavy atom. The molecule has 0 fully saturated rings. The van der Waals surface area contributed by atoms with Crippen LogP contribution >= 0.6 is 0 Å². The lowest BCUT2D eigenvalue weighted by atomic mass is 9.88. The molecule has 0 saturated heterocycles. The maximum absolute atomic E-state index is 5.53. The highest BCUT2D eigenvalue weighted by Crippen LogP contribution is 2.26. The van der Waals surface area contributed by atoms with Gasteiger partial charge in [-0.3, -0.25) is 0 Å². The van der Waals surface area contributed by atoms with Crippen molar-refractivity contribution in [1.29, 1.82) is 0 Å². The summed E-state index contributed by atoms with van der Waals surface area (Å²) in [4.78, 5) is 0. The van der Waals surface area contributed by atoms with Crippen LogP contribution in [0.5, 0.6) is 5.75 Å². The normalized spacial score (nSPS) is 16.2. The van der Waals surface area contributed by atoms with E-state index in [4.69, 9.17) is 4.74 Å². The molecule has 2 nitrogen and oxygen atoms in total. The summed E-state index contributed by atoms with van der Waals surface area (Å²) in [5, 5.41) is 3.61. The fourth-order valence-electron chi connectivity index (χ4n) is 2.13. The van der Waals surface area contributed by atoms with E-state index < -0.39 is 0 Å². The third kappa shape index (κ3) is 3.26. The third-order valence-corrected chi connectivity index (χ3v) is 3.92. The predicted molar refractivity (Wildman–Crippen MR) is 76.3 cm³/mol. The number of fused-ring (bicyclic) bond motifs is 1. The summed E-state index contributed by atoms with van der Waals surface area (Å²) in [6.07, 6.45) is 2.16. The van der Waals surface area contributed by atoms with Crippen molar-refractivity contribution in [2.24, 2.45) is 5.41 Å². The van der Waals surface area contributed by atoms with Crippen LogP contribution < -0.4 is 10.1 Å². The van der Waals surface area contributed by atoms with E-state index in [-0.39, 0.29) is 0 Å². The van der Waals surface area contributed by atoms with Crippen molar-refractivity contribution in [1.82, 2.24) is 5.32 Å². The Morgan fingerprint density at radius 3 is 2.83 bits per heavy atom. The van der Waals surface area contributed by atoms with Crippen molar-refractivity contribution >= 4 is 0 Å². The van der Waals surface area contributed by atoms with Gasteiger partial charge in [-0.1, -0.05) is 32.9 Å². The lowest BCUT2D eigenvalue weighted by Crippen LogP contribution is -2.38. The van der Waals surface area contributed by atoms with E-state index in [1.165, 1.54) is 11.1 Å². The van der Waals surface area contributed by atoms with Crippen LogP contribution in [0.15, 0.2) is 18.2 Å². The molecular formula is C16H25NO. The molecule has 0 spiro atoms. The first-order valence-electron chi connectivity index (χ1n) is 6.95. The minimum absolute atomic E-state index is 0.325. The Kier molecular flexibility index (Phi) is 3.96. The van der Waals surface area contributed by atoms with Gasteiger partial charge in [0.05, 0.1) is 6.61 Å². The van der Waals surface area contributed by atoms with E-state index in [2.05, 4.69) is 51.2 Å². The number of ether oxygens (including phenoxy) is 1. The second-order valence-corrected chi connectivity index (χ2v) is 6.33. The molecule has 2 rings (SSSR count). The van der Waals surface area contributed by atoms with Crippen LogP contribution in [0.3, 0.4) is 0 Å². The molecule has 0 aliphatic carbocycles. The lowest BCUT2D eigenvalue weighted by Gasteiger charge is -2.28. The van der Waals surface area contributed by atoms with Crippen LogP contribution in [0.1, 0.15) is 38.8 Å². The van der Waals surface area contributed by atoms with Crippen molar-refractivity contribution in [3.05, 3.63) is 29.3 Å². The first kappa shape index (κ1) is 13.4. The van der Waals surface area contributed by atoms with Gasteiger partial charge in [0.15, 0.2) is 0 Å². The maximum Gasteiger partial charge on any atom is 0.122 e. The van der Waals surface area contributed by atoms with Gasteiger partial charge in [0, 0.05) is 12.5 Å². The summed E-state index contributed by atoms with van der Waals surface area (Å²) in [6, 6.07) is 7.14. The molecule has 18 heavy (non-hydrogen) atoms. The van der Waals surface area contributed by atoms with Gasteiger partial charge in [-0.25, -0.2) is 0 Å². The lowest BCUT2D eigenvalue weighted by molar-refractivity contribution is 0.288. The van der Waals surface area contributed by atoms with E-state index in [1.807, 2.05) is 0 Å². The van der Waals surface area contributed by atoms with Crippen LogP contribution in [0.25, 0.3) is 0 Å². The zero-order valence-corrected chi connectivity index (χ0v) is 12.0. The zero-order valence-electron chi connectivity index (χ0n) is 12.0. The molecule has 100 valence electrons. The number of nitrogens with one attached hydrogen (secondary N) is 1. The van der Waals surface area contributed by atoms with Crippen molar-refractivity contribution in [2.75, 3.05) is 13.2 Å². The molecule has 0 aromatic heterocycles. The first-order valence-corrected chi connectivity index (χ1v) is 6.95. The highest BCUT2D eigenvalue weighted by molar-refractivity contribution is 5.39. The Hall–Kier alpha value is -1.02. The highest BCUT2D eigenvalue weighted by atomic mass is 16.5. The second kappa shape index (κ2) is 5.31. The van der Waals surface area contributed by atoms with E-state index >= 15 is 0 Å². The average molecular weight is 247 g/mol. The quantitative estimate of drug-likeness (QED) is 0.882. The van der Waals surface area contributed by atoms with E-state index in [0.29, 0.717) is 11.5 Å². The minimum atomic E-state index is 0.325. The van der Waals surface area contributed by atoms with Gasteiger partial charge in [0.1, 0.15) is 5.75 Å². The smallest absolute Gasteiger partial charge is 0.122 e. The molecule has 0 amide bonds. The molecule has 1 heterocycles. The maximum atomic E-state index is 5.53. The summed E-state index contributed by atoms with van der Waals surface area (Å²) >= 11 is 0. The molecule has 1 atom stereocenters. The molecule has 0 bridgehead atoms. The van der Waals surface area contributed by atoms with Gasteiger partial charge in [0.2, 0.25) is 0 Å². The minimum Gasteiger partial charge on any atom is -0.493 e. The summed E-state index contributed by atoms with van der Waals surface area (Å²) in [6.45, 7) is 11.0. The molecule has 1 unspecified atom stereocenters. The van der Waals surface area contributed by atoms with Crippen molar-refractivity contribution in [3.63, 3.8) is 0 Å². The predicted octanol–water partition coefficient (Wildman–Crippen LogP) is 3.19. The number of hydrogen-bond acceptors (Lipinski definition) is 2. The molecular weight excluding hydrogens is 222 g/mol. The van der Waals surface area contributed by atoms with Crippen molar-refractivity contribution < 1.29 is 4.74 Å². The molecule has 1 aliphatic rings. The molecule has 1 aliphatic heterocycles. The van der Waals surface area contributed by atoms with Gasteiger partial charge in [0.25, 0.3) is 0 Å². The Balaban J connectivity index is 1.84. The largest absolute Gasteiger partial charge is 0.493 e. The molecule has 1 aromatic rings. The standard InChI is InChI=1S/C16H25NO/c1-12(16(2,3)4)17-9-7-13-5-6-15-14(11-13)8-10-18-15/h5-6,11-12,17H,7-10H2,1-4H3. The molecule has 1 N–H and O–H groups in total. The highest BCUT2D eigenvalue weighted by Gasteiger charge is 2.19. The average Bonchev–Trinajstić information content (AvgIpc) is 2.74. The van der Waals surface area contributed by atoms with E-state index in [9.17, 15) is 0 Å². The first-order chi connectivity index (χ1) is 8.47. The summed E-state index contributed by atoms with van der Waals surface area (Å²) < 4.78 is 5.53. The second-order valence-electron chi connectivity index (χ2n) is 6.33. The van der Waals surface area contributed by atoms with Gasteiger partial charge in [-0.05, 0) is 42.5 Å². The Bertz CT molecular complexity index is 406. The number of benzene rings is 1. The van der Waals surface area contributed by atoms with Gasteiger partial charge < -0.3 is 10.1 Å². The van der Waals surface area contributed by atoms with E-state index in [0.717, 1.165) is 31.7 Å². The van der Waals surface area contributed by atoms with E-state index in [1.54, 1.807) is 0 Å². The summed E-state index contributed by atoms with van der Waals surface area (Å²) in [5.74, 6) is 1.08. The Labute approximate surface area is 111 Å².